The van der Waals surface area contributed by atoms with Crippen molar-refractivity contribution in [1.82, 2.24) is 0 Å². The molecule has 0 heterocycles. The van der Waals surface area contributed by atoms with E-state index in [1.807, 2.05) is 6.07 Å². The molecule has 0 amide bonds. The van der Waals surface area contributed by atoms with Gasteiger partial charge in [0, 0.05) is 12.1 Å². The van der Waals surface area contributed by atoms with Gasteiger partial charge in [-0.2, -0.15) is 5.26 Å². The first kappa shape index (κ1) is 13.7. The van der Waals surface area contributed by atoms with Gasteiger partial charge < -0.3 is 10.1 Å². The third-order valence-corrected chi connectivity index (χ3v) is 2.31. The van der Waals surface area contributed by atoms with E-state index in [4.69, 9.17) is 5.26 Å². The summed E-state index contributed by atoms with van der Waals surface area (Å²) in [5.41, 5.74) is 1.21. The average molecular weight is 248 g/mol. The first-order valence-corrected chi connectivity index (χ1v) is 5.27. The predicted octanol–water partition coefficient (Wildman–Crippen LogP) is 2.23. The van der Waals surface area contributed by atoms with E-state index in [9.17, 15) is 9.18 Å². The van der Waals surface area contributed by atoms with E-state index in [0.29, 0.717) is 17.8 Å². The second-order valence-corrected chi connectivity index (χ2v) is 3.56. The number of anilines is 1. The number of halogens is 1. The van der Waals surface area contributed by atoms with Crippen molar-refractivity contribution < 1.29 is 13.9 Å². The van der Waals surface area contributed by atoms with Crippen molar-refractivity contribution in [2.75, 3.05) is 19.0 Å². The van der Waals surface area contributed by atoms with Gasteiger partial charge in [0.15, 0.2) is 0 Å². The lowest BCUT2D eigenvalue weighted by Crippen LogP contribution is -2.06. The Morgan fingerprint density at radius 1 is 1.61 bits per heavy atom. The molecule has 1 aromatic carbocycles. The number of hydrogen-bond acceptors (Lipinski definition) is 4. The molecular formula is C13H13FN2O2. The van der Waals surface area contributed by atoms with E-state index in [1.165, 1.54) is 19.2 Å². The topological polar surface area (TPSA) is 62.1 Å². The lowest BCUT2D eigenvalue weighted by molar-refractivity contribution is -0.136. The highest BCUT2D eigenvalue weighted by Gasteiger charge is 2.04. The summed E-state index contributed by atoms with van der Waals surface area (Å²) in [5, 5.41) is 11.8. The van der Waals surface area contributed by atoms with Gasteiger partial charge in [-0.05, 0) is 25.1 Å². The van der Waals surface area contributed by atoms with Crippen molar-refractivity contribution in [2.24, 2.45) is 0 Å². The van der Waals surface area contributed by atoms with Crippen molar-refractivity contribution in [3.8, 4) is 6.07 Å². The molecule has 0 aromatic heterocycles. The maximum absolute atomic E-state index is 12.9. The number of nitrogens with zero attached hydrogens (tertiary/aromatic N) is 1. The number of carbonyl (C=O) groups excluding carboxylic acids is 1. The fraction of sp³-hybridized carbons (Fsp3) is 0.231. The van der Waals surface area contributed by atoms with E-state index in [-0.39, 0.29) is 5.56 Å². The smallest absolute Gasteiger partial charge is 0.333 e. The molecule has 0 saturated carbocycles. The Labute approximate surface area is 105 Å². The zero-order chi connectivity index (χ0) is 13.5. The van der Waals surface area contributed by atoms with Gasteiger partial charge in [0.05, 0.1) is 18.4 Å². The Morgan fingerprint density at radius 2 is 2.33 bits per heavy atom. The fourth-order valence-electron chi connectivity index (χ4n) is 1.32. The molecule has 94 valence electrons. The number of rotatable bonds is 4. The summed E-state index contributed by atoms with van der Waals surface area (Å²) in [5.74, 6) is -0.866. The average Bonchev–Trinajstić information content (AvgIpc) is 2.39. The first-order chi connectivity index (χ1) is 8.58. The van der Waals surface area contributed by atoms with Crippen LogP contribution in [0.3, 0.4) is 0 Å². The van der Waals surface area contributed by atoms with Gasteiger partial charge in [-0.3, -0.25) is 0 Å². The molecular weight excluding hydrogens is 235 g/mol. The standard InChI is InChI=1S/C13H13FN2O2/c1-9(13(17)18-2)5-6-16-12-4-3-11(14)7-10(12)8-15/h3-5,7,16H,6H2,1-2H3/b9-5+. The van der Waals surface area contributed by atoms with E-state index < -0.39 is 11.8 Å². The van der Waals surface area contributed by atoms with Gasteiger partial charge in [0.1, 0.15) is 11.9 Å². The summed E-state index contributed by atoms with van der Waals surface area (Å²) in [4.78, 5) is 11.1. The number of benzene rings is 1. The van der Waals surface area contributed by atoms with Crippen LogP contribution in [0.2, 0.25) is 0 Å². The lowest BCUT2D eigenvalue weighted by atomic mass is 10.2. The lowest BCUT2D eigenvalue weighted by Gasteiger charge is -2.06. The molecule has 0 bridgehead atoms. The number of esters is 1. The minimum absolute atomic E-state index is 0.221. The van der Waals surface area contributed by atoms with Gasteiger partial charge in [0.25, 0.3) is 0 Å². The van der Waals surface area contributed by atoms with Crippen LogP contribution in [-0.4, -0.2) is 19.6 Å². The molecule has 0 unspecified atom stereocenters. The summed E-state index contributed by atoms with van der Waals surface area (Å²) >= 11 is 0. The van der Waals surface area contributed by atoms with E-state index in [2.05, 4.69) is 10.1 Å². The molecule has 0 aliphatic carbocycles. The fourth-order valence-corrected chi connectivity index (χ4v) is 1.32. The molecule has 0 aliphatic rings. The molecule has 18 heavy (non-hydrogen) atoms. The monoisotopic (exact) mass is 248 g/mol. The van der Waals surface area contributed by atoms with Crippen molar-refractivity contribution in [3.05, 3.63) is 41.2 Å². The van der Waals surface area contributed by atoms with Gasteiger partial charge >= 0.3 is 5.97 Å². The number of methoxy groups -OCH3 is 1. The van der Waals surface area contributed by atoms with Crippen molar-refractivity contribution in [3.63, 3.8) is 0 Å². The van der Waals surface area contributed by atoms with Crippen LogP contribution < -0.4 is 5.32 Å². The number of ether oxygens (including phenoxy) is 1. The Kier molecular flexibility index (Phi) is 4.88. The molecule has 0 radical (unpaired) electrons. The number of nitrogens with one attached hydrogen (secondary N) is 1. The van der Waals surface area contributed by atoms with Crippen molar-refractivity contribution in [2.45, 2.75) is 6.92 Å². The summed E-state index contributed by atoms with van der Waals surface area (Å²) < 4.78 is 17.4. The third-order valence-electron chi connectivity index (χ3n) is 2.31. The molecule has 0 spiro atoms. The minimum Gasteiger partial charge on any atom is -0.466 e. The quantitative estimate of drug-likeness (QED) is 0.655. The van der Waals surface area contributed by atoms with Crippen LogP contribution in [0.1, 0.15) is 12.5 Å². The van der Waals surface area contributed by atoms with E-state index >= 15 is 0 Å². The highest BCUT2D eigenvalue weighted by atomic mass is 19.1. The van der Waals surface area contributed by atoms with Crippen LogP contribution in [0, 0.1) is 17.1 Å². The Morgan fingerprint density at radius 3 is 2.94 bits per heavy atom. The molecule has 0 saturated heterocycles. The molecule has 1 N–H and O–H groups in total. The van der Waals surface area contributed by atoms with Gasteiger partial charge in [-0.25, -0.2) is 9.18 Å². The van der Waals surface area contributed by atoms with Crippen molar-refractivity contribution in [1.29, 1.82) is 5.26 Å². The van der Waals surface area contributed by atoms with Crippen LogP contribution in [0.25, 0.3) is 0 Å². The third kappa shape index (κ3) is 3.59. The number of nitriles is 1. The second-order valence-electron chi connectivity index (χ2n) is 3.56. The van der Waals surface area contributed by atoms with Crippen LogP contribution in [-0.2, 0) is 9.53 Å². The SMILES string of the molecule is COC(=O)/C(C)=C/CNc1ccc(F)cc1C#N. The number of carbonyl (C=O) groups is 1. The zero-order valence-electron chi connectivity index (χ0n) is 10.2. The Balaban J connectivity index is 2.70. The van der Waals surface area contributed by atoms with Gasteiger partial charge in [0.2, 0.25) is 0 Å². The predicted molar refractivity (Wildman–Crippen MR) is 65.4 cm³/mol. The highest BCUT2D eigenvalue weighted by molar-refractivity contribution is 5.87. The summed E-state index contributed by atoms with van der Waals surface area (Å²) in [6.45, 7) is 1.98. The van der Waals surface area contributed by atoms with E-state index in [1.54, 1.807) is 13.0 Å². The van der Waals surface area contributed by atoms with Crippen LogP contribution in [0.4, 0.5) is 10.1 Å². The van der Waals surface area contributed by atoms with Gasteiger partial charge in [-0.1, -0.05) is 6.08 Å². The first-order valence-electron chi connectivity index (χ1n) is 5.27. The molecule has 1 rings (SSSR count). The van der Waals surface area contributed by atoms with E-state index in [0.717, 1.165) is 6.07 Å². The van der Waals surface area contributed by atoms with Gasteiger partial charge in [-0.15, -0.1) is 0 Å². The molecule has 4 nitrogen and oxygen atoms in total. The van der Waals surface area contributed by atoms with Crippen LogP contribution >= 0.6 is 0 Å². The normalized spacial score (nSPS) is 10.7. The summed E-state index contributed by atoms with van der Waals surface area (Å²) in [6.07, 6.45) is 1.64. The molecule has 0 aliphatic heterocycles. The van der Waals surface area contributed by atoms with Crippen LogP contribution in [0.15, 0.2) is 29.8 Å². The highest BCUT2D eigenvalue weighted by Crippen LogP contribution is 2.15. The maximum Gasteiger partial charge on any atom is 0.333 e. The largest absolute Gasteiger partial charge is 0.466 e. The Hall–Kier alpha value is -2.35. The van der Waals surface area contributed by atoms with Crippen molar-refractivity contribution >= 4 is 11.7 Å². The molecule has 0 fully saturated rings. The molecule has 5 heteroatoms. The minimum atomic E-state index is -0.460. The van der Waals surface area contributed by atoms with Crippen LogP contribution in [0.5, 0.6) is 0 Å². The maximum atomic E-state index is 12.9. The molecule has 1 aromatic rings. The number of hydrogen-bond donors (Lipinski definition) is 1. The Bertz CT molecular complexity index is 518. The summed E-state index contributed by atoms with van der Waals surface area (Å²) in [6, 6.07) is 5.79. The summed E-state index contributed by atoms with van der Waals surface area (Å²) in [7, 11) is 1.31. The second kappa shape index (κ2) is 6.40. The molecule has 0 atom stereocenters. The zero-order valence-corrected chi connectivity index (χ0v) is 10.2.